The standard InChI is InChI=1S/C12H26O5Si.H2NSi/c1-4-15-18(16-5-2,17-6-3)9-7-8-13-10-12-11-14-12;1-2/h12H,4-11H2,1-3H3;1H2. The number of epoxide rings is 1. The molecule has 0 saturated carbocycles. The molecule has 1 heterocycles. The molecule has 0 aromatic rings. The zero-order chi connectivity index (χ0) is 15.3. The molecule has 20 heavy (non-hydrogen) atoms. The van der Waals surface area contributed by atoms with Crippen molar-refractivity contribution in [1.29, 1.82) is 0 Å². The molecule has 0 spiro atoms. The second-order valence-electron chi connectivity index (χ2n) is 4.12. The highest BCUT2D eigenvalue weighted by Gasteiger charge is 2.39. The third-order valence-electron chi connectivity index (χ3n) is 2.57. The lowest BCUT2D eigenvalue weighted by molar-refractivity contribution is 0.0648. The van der Waals surface area contributed by atoms with E-state index in [1.807, 2.05) is 20.8 Å². The van der Waals surface area contributed by atoms with Crippen LogP contribution in [0.4, 0.5) is 0 Å². The molecule has 0 bridgehead atoms. The number of hydrogen-bond donors (Lipinski definition) is 1. The molecule has 1 fully saturated rings. The molecule has 0 amide bonds. The highest BCUT2D eigenvalue weighted by Crippen LogP contribution is 2.18. The van der Waals surface area contributed by atoms with Crippen molar-refractivity contribution in [3.63, 3.8) is 0 Å². The van der Waals surface area contributed by atoms with E-state index in [0.717, 1.165) is 19.1 Å². The average molecular weight is 323 g/mol. The highest BCUT2D eigenvalue weighted by atomic mass is 28.4. The van der Waals surface area contributed by atoms with Crippen LogP contribution in [0.15, 0.2) is 0 Å². The van der Waals surface area contributed by atoms with Gasteiger partial charge in [-0.25, -0.2) is 0 Å². The van der Waals surface area contributed by atoms with Crippen LogP contribution < -0.4 is 5.40 Å². The zero-order valence-electron chi connectivity index (χ0n) is 12.9. The minimum Gasteiger partial charge on any atom is -0.379 e. The van der Waals surface area contributed by atoms with Gasteiger partial charge in [-0.1, -0.05) is 0 Å². The Balaban J connectivity index is 0.00000172. The summed E-state index contributed by atoms with van der Waals surface area (Å²) in [5.74, 6) is 0. The summed E-state index contributed by atoms with van der Waals surface area (Å²) in [5, 5.41) is 4.31. The quantitative estimate of drug-likeness (QED) is 0.326. The number of rotatable bonds is 12. The summed E-state index contributed by atoms with van der Waals surface area (Å²) >= 11 is 0. The van der Waals surface area contributed by atoms with Gasteiger partial charge in [-0.3, -0.25) is 0 Å². The number of nitrogens with two attached hydrogens (primary N) is 1. The van der Waals surface area contributed by atoms with E-state index in [4.69, 9.17) is 22.8 Å². The molecule has 3 radical (unpaired) electrons. The maximum Gasteiger partial charge on any atom is 0.501 e. The fourth-order valence-electron chi connectivity index (χ4n) is 1.77. The van der Waals surface area contributed by atoms with Crippen LogP contribution in [-0.2, 0) is 22.8 Å². The van der Waals surface area contributed by atoms with Crippen molar-refractivity contribution in [2.45, 2.75) is 39.3 Å². The normalized spacial score (nSPS) is 17.6. The lowest BCUT2D eigenvalue weighted by Gasteiger charge is -2.28. The monoisotopic (exact) mass is 322 g/mol. The lowest BCUT2D eigenvalue weighted by atomic mass is 10.5. The molecule has 0 aromatic carbocycles. The smallest absolute Gasteiger partial charge is 0.379 e. The average Bonchev–Trinajstić information content (AvgIpc) is 3.26. The Morgan fingerprint density at radius 2 is 1.60 bits per heavy atom. The van der Waals surface area contributed by atoms with E-state index in [1.54, 1.807) is 0 Å². The predicted octanol–water partition coefficient (Wildman–Crippen LogP) is 0.869. The fraction of sp³-hybridized carbons (Fsp3) is 1.00. The Hall–Kier alpha value is 0.194. The Morgan fingerprint density at radius 1 is 1.10 bits per heavy atom. The molecule has 0 aromatic heterocycles. The van der Waals surface area contributed by atoms with E-state index in [2.05, 4.69) is 15.8 Å². The van der Waals surface area contributed by atoms with E-state index in [1.165, 1.54) is 0 Å². The molecule has 1 aliphatic rings. The minimum atomic E-state index is -2.47. The summed E-state index contributed by atoms with van der Waals surface area (Å²) in [7, 11) is 0.00389. The molecular weight excluding hydrogens is 294 g/mol. The van der Waals surface area contributed by atoms with Crippen LogP contribution in [0.25, 0.3) is 0 Å². The summed E-state index contributed by atoms with van der Waals surface area (Å²) < 4.78 is 27.9. The van der Waals surface area contributed by atoms with E-state index in [9.17, 15) is 0 Å². The van der Waals surface area contributed by atoms with Crippen molar-refractivity contribution in [3.8, 4) is 0 Å². The van der Waals surface area contributed by atoms with Gasteiger partial charge >= 0.3 is 8.80 Å². The largest absolute Gasteiger partial charge is 0.501 e. The van der Waals surface area contributed by atoms with Gasteiger partial charge in [0.25, 0.3) is 0 Å². The van der Waals surface area contributed by atoms with Crippen LogP contribution in [0.1, 0.15) is 27.2 Å². The summed E-state index contributed by atoms with van der Waals surface area (Å²) in [4.78, 5) is 0. The first-order valence-corrected chi connectivity index (χ1v) is 9.67. The topological polar surface area (TPSA) is 75.5 Å². The summed E-state index contributed by atoms with van der Waals surface area (Å²) in [5.41, 5.74) is 0. The van der Waals surface area contributed by atoms with Crippen molar-refractivity contribution < 1.29 is 22.8 Å². The maximum absolute atomic E-state index is 5.76. The molecule has 1 aliphatic heterocycles. The van der Waals surface area contributed by atoms with Gasteiger partial charge in [0, 0.05) is 32.5 Å². The SMILES string of the molecule is CCO[Si](CCCOCC1CO1)(OCC)OCC.N[Si]. The molecule has 1 rings (SSSR count). The third kappa shape index (κ3) is 9.19. The van der Waals surface area contributed by atoms with E-state index in [-0.39, 0.29) is 0 Å². The fourth-order valence-corrected chi connectivity index (χ4v) is 4.35. The molecule has 0 aliphatic carbocycles. The van der Waals surface area contributed by atoms with Crippen LogP contribution in [0, 0.1) is 0 Å². The first kappa shape index (κ1) is 20.2. The molecule has 2 N–H and O–H groups in total. The Kier molecular flexibility index (Phi) is 13.0. The maximum atomic E-state index is 5.76. The third-order valence-corrected chi connectivity index (χ3v) is 5.72. The van der Waals surface area contributed by atoms with Gasteiger partial charge in [0.15, 0.2) is 0 Å². The molecule has 119 valence electrons. The van der Waals surface area contributed by atoms with Gasteiger partial charge in [0.05, 0.1) is 13.2 Å². The van der Waals surface area contributed by atoms with Crippen molar-refractivity contribution in [3.05, 3.63) is 0 Å². The van der Waals surface area contributed by atoms with Crippen LogP contribution in [0.5, 0.6) is 0 Å². The lowest BCUT2D eigenvalue weighted by Crippen LogP contribution is -2.46. The van der Waals surface area contributed by atoms with Gasteiger partial charge in [0.2, 0.25) is 0 Å². The number of hydrogen-bond acceptors (Lipinski definition) is 6. The van der Waals surface area contributed by atoms with Gasteiger partial charge in [-0.15, -0.1) is 0 Å². The van der Waals surface area contributed by atoms with Crippen molar-refractivity contribution in [1.82, 2.24) is 0 Å². The second kappa shape index (κ2) is 12.9. The van der Waals surface area contributed by atoms with Gasteiger partial charge in [-0.05, 0) is 27.2 Å². The predicted molar refractivity (Wildman–Crippen MR) is 80.6 cm³/mol. The van der Waals surface area contributed by atoms with Crippen molar-refractivity contribution in [2.75, 3.05) is 39.6 Å². The van der Waals surface area contributed by atoms with Crippen molar-refractivity contribution in [2.24, 2.45) is 5.40 Å². The van der Waals surface area contributed by atoms with Crippen LogP contribution in [0.2, 0.25) is 6.04 Å². The van der Waals surface area contributed by atoms with Crippen LogP contribution in [0.3, 0.4) is 0 Å². The Labute approximate surface area is 127 Å². The van der Waals surface area contributed by atoms with Crippen LogP contribution >= 0.6 is 0 Å². The minimum absolute atomic E-state index is 0.331. The van der Waals surface area contributed by atoms with E-state index in [0.29, 0.717) is 39.1 Å². The molecule has 1 unspecified atom stereocenters. The zero-order valence-corrected chi connectivity index (χ0v) is 14.9. The summed E-state index contributed by atoms with van der Waals surface area (Å²) in [6, 6.07) is 0.814. The van der Waals surface area contributed by atoms with Gasteiger partial charge < -0.3 is 28.2 Å². The molecule has 1 saturated heterocycles. The van der Waals surface area contributed by atoms with Gasteiger partial charge in [-0.2, -0.15) is 0 Å². The Bertz CT molecular complexity index is 203. The summed E-state index contributed by atoms with van der Waals surface area (Å²) in [6.45, 7) is 10.1. The molecule has 1 atom stereocenters. The first-order chi connectivity index (χ1) is 9.76. The molecule has 8 heteroatoms. The molecule has 6 nitrogen and oxygen atoms in total. The van der Waals surface area contributed by atoms with Gasteiger partial charge in [0.1, 0.15) is 16.5 Å². The van der Waals surface area contributed by atoms with E-state index >= 15 is 0 Å². The van der Waals surface area contributed by atoms with Crippen LogP contribution in [-0.4, -0.2) is 65.0 Å². The molecular formula is C12H28NO5Si2. The number of ether oxygens (including phenoxy) is 2. The van der Waals surface area contributed by atoms with Crippen molar-refractivity contribution >= 4 is 19.2 Å². The summed E-state index contributed by atoms with van der Waals surface area (Å²) in [6.07, 6.45) is 1.23. The van der Waals surface area contributed by atoms with E-state index < -0.39 is 8.80 Å². The first-order valence-electron chi connectivity index (χ1n) is 7.16. The second-order valence-corrected chi connectivity index (χ2v) is 6.85. The highest BCUT2D eigenvalue weighted by molar-refractivity contribution is 6.60. The Morgan fingerprint density at radius 3 is 2.00 bits per heavy atom.